The predicted molar refractivity (Wildman–Crippen MR) is 107 cm³/mol. The summed E-state index contributed by atoms with van der Waals surface area (Å²) in [6, 6.07) is 15.5. The van der Waals surface area contributed by atoms with E-state index in [0.29, 0.717) is 22.7 Å². The maximum absolute atomic E-state index is 13.0. The van der Waals surface area contributed by atoms with Crippen molar-refractivity contribution in [1.82, 2.24) is 10.3 Å². The van der Waals surface area contributed by atoms with E-state index in [1.807, 2.05) is 19.1 Å². The molecule has 2 aromatic carbocycles. The van der Waals surface area contributed by atoms with Crippen molar-refractivity contribution in [3.8, 4) is 5.88 Å². The highest BCUT2D eigenvalue weighted by Gasteiger charge is 2.13. The zero-order valence-electron chi connectivity index (χ0n) is 16.0. The third kappa shape index (κ3) is 5.16. The summed E-state index contributed by atoms with van der Waals surface area (Å²) in [7, 11) is 1.51. The first-order chi connectivity index (χ1) is 14.0. The Morgan fingerprint density at radius 1 is 0.931 bits per heavy atom. The second-order valence-electron chi connectivity index (χ2n) is 6.37. The molecular formula is C22H20FN3O3. The first-order valence-electron chi connectivity index (χ1n) is 8.94. The zero-order chi connectivity index (χ0) is 20.8. The van der Waals surface area contributed by atoms with Gasteiger partial charge in [0.15, 0.2) is 0 Å². The number of ether oxygens (including phenoxy) is 1. The molecule has 0 radical (unpaired) electrons. The fourth-order valence-electron chi connectivity index (χ4n) is 2.66. The lowest BCUT2D eigenvalue weighted by atomic mass is 10.1. The average Bonchev–Trinajstić information content (AvgIpc) is 2.74. The van der Waals surface area contributed by atoms with E-state index in [2.05, 4.69) is 15.6 Å². The number of rotatable bonds is 6. The van der Waals surface area contributed by atoms with Crippen LogP contribution in [0.5, 0.6) is 5.88 Å². The van der Waals surface area contributed by atoms with Crippen LogP contribution in [0.15, 0.2) is 66.9 Å². The van der Waals surface area contributed by atoms with Crippen LogP contribution in [0.1, 0.15) is 39.2 Å². The highest BCUT2D eigenvalue weighted by atomic mass is 19.1. The summed E-state index contributed by atoms with van der Waals surface area (Å²) in [5.74, 6) is -0.535. The molecule has 1 aromatic heterocycles. The van der Waals surface area contributed by atoms with Gasteiger partial charge < -0.3 is 15.4 Å². The minimum atomic E-state index is -0.396. The van der Waals surface area contributed by atoms with Crippen LogP contribution >= 0.6 is 0 Å². The molecule has 3 aromatic rings. The molecular weight excluding hydrogens is 373 g/mol. The number of hydrogen-bond donors (Lipinski definition) is 2. The van der Waals surface area contributed by atoms with Gasteiger partial charge >= 0.3 is 0 Å². The molecule has 6 nitrogen and oxygen atoms in total. The zero-order valence-corrected chi connectivity index (χ0v) is 16.0. The first kappa shape index (κ1) is 20.0. The summed E-state index contributed by atoms with van der Waals surface area (Å²) in [4.78, 5) is 28.6. The van der Waals surface area contributed by atoms with Gasteiger partial charge in [0.1, 0.15) is 5.82 Å². The van der Waals surface area contributed by atoms with Crippen LogP contribution in [0.2, 0.25) is 0 Å². The summed E-state index contributed by atoms with van der Waals surface area (Å²) in [6.07, 6.45) is 1.45. The Bertz CT molecular complexity index is 987. The SMILES string of the molecule is COc1ccc(C(=O)NC(C)c2ccc(NC(=O)c3ccc(F)cc3)cc2)cn1. The molecule has 0 spiro atoms. The molecule has 29 heavy (non-hydrogen) atoms. The molecule has 0 aliphatic rings. The number of carbonyl (C=O) groups is 2. The summed E-state index contributed by atoms with van der Waals surface area (Å²) in [5.41, 5.74) is 2.27. The average molecular weight is 393 g/mol. The third-order valence-corrected chi connectivity index (χ3v) is 4.33. The molecule has 0 bridgehead atoms. The van der Waals surface area contributed by atoms with Crippen molar-refractivity contribution in [2.45, 2.75) is 13.0 Å². The van der Waals surface area contributed by atoms with Gasteiger partial charge in [-0.05, 0) is 55.0 Å². The summed E-state index contributed by atoms with van der Waals surface area (Å²) in [6.45, 7) is 1.86. The number of amides is 2. The Kier molecular flexibility index (Phi) is 6.19. The molecule has 148 valence electrons. The summed E-state index contributed by atoms with van der Waals surface area (Å²) >= 11 is 0. The van der Waals surface area contributed by atoms with Crippen LogP contribution in [0.25, 0.3) is 0 Å². The van der Waals surface area contributed by atoms with E-state index >= 15 is 0 Å². The largest absolute Gasteiger partial charge is 0.481 e. The van der Waals surface area contributed by atoms with Gasteiger partial charge in [-0.1, -0.05) is 12.1 Å². The molecule has 0 aliphatic carbocycles. The minimum Gasteiger partial charge on any atom is -0.481 e. The van der Waals surface area contributed by atoms with Crippen molar-refractivity contribution in [1.29, 1.82) is 0 Å². The molecule has 1 unspecified atom stereocenters. The van der Waals surface area contributed by atoms with Crippen molar-refractivity contribution in [2.75, 3.05) is 12.4 Å². The van der Waals surface area contributed by atoms with Crippen molar-refractivity contribution in [2.24, 2.45) is 0 Å². The lowest BCUT2D eigenvalue weighted by Crippen LogP contribution is -2.26. The number of hydrogen-bond acceptors (Lipinski definition) is 4. The Labute approximate surface area is 167 Å². The van der Waals surface area contributed by atoms with Gasteiger partial charge in [0.2, 0.25) is 5.88 Å². The fourth-order valence-corrected chi connectivity index (χ4v) is 2.66. The quantitative estimate of drug-likeness (QED) is 0.664. The van der Waals surface area contributed by atoms with Crippen molar-refractivity contribution >= 4 is 17.5 Å². The van der Waals surface area contributed by atoms with E-state index in [4.69, 9.17) is 4.74 Å². The number of methoxy groups -OCH3 is 1. The van der Waals surface area contributed by atoms with Gasteiger partial charge in [-0.3, -0.25) is 9.59 Å². The molecule has 2 amide bonds. The topological polar surface area (TPSA) is 80.3 Å². The van der Waals surface area contributed by atoms with Gasteiger partial charge in [-0.2, -0.15) is 0 Å². The summed E-state index contributed by atoms with van der Waals surface area (Å²) < 4.78 is 17.9. The van der Waals surface area contributed by atoms with Gasteiger partial charge in [-0.25, -0.2) is 9.37 Å². The van der Waals surface area contributed by atoms with E-state index in [9.17, 15) is 14.0 Å². The first-order valence-corrected chi connectivity index (χ1v) is 8.94. The maximum atomic E-state index is 13.0. The van der Waals surface area contributed by atoms with Crippen molar-refractivity contribution in [3.63, 3.8) is 0 Å². The third-order valence-electron chi connectivity index (χ3n) is 4.33. The minimum absolute atomic E-state index is 0.244. The van der Waals surface area contributed by atoms with E-state index in [1.165, 1.54) is 37.6 Å². The molecule has 0 saturated heterocycles. The maximum Gasteiger partial charge on any atom is 0.255 e. The number of anilines is 1. The smallest absolute Gasteiger partial charge is 0.255 e. The molecule has 2 N–H and O–H groups in total. The molecule has 0 saturated carbocycles. The van der Waals surface area contributed by atoms with E-state index in [-0.39, 0.29) is 17.9 Å². The van der Waals surface area contributed by atoms with Crippen molar-refractivity contribution in [3.05, 3.63) is 89.4 Å². The van der Waals surface area contributed by atoms with Crippen LogP contribution in [0.3, 0.4) is 0 Å². The van der Waals surface area contributed by atoms with Gasteiger partial charge in [0.25, 0.3) is 11.8 Å². The van der Waals surface area contributed by atoms with E-state index in [1.54, 1.807) is 24.3 Å². The molecule has 3 rings (SSSR count). The number of aromatic nitrogens is 1. The van der Waals surface area contributed by atoms with Crippen LogP contribution in [-0.2, 0) is 0 Å². The number of nitrogens with zero attached hydrogens (tertiary/aromatic N) is 1. The Morgan fingerprint density at radius 3 is 2.17 bits per heavy atom. The second kappa shape index (κ2) is 8.97. The van der Waals surface area contributed by atoms with Crippen LogP contribution in [0.4, 0.5) is 10.1 Å². The fraction of sp³-hybridized carbons (Fsp3) is 0.136. The molecule has 0 aliphatic heterocycles. The monoisotopic (exact) mass is 393 g/mol. The van der Waals surface area contributed by atoms with Gasteiger partial charge in [0, 0.05) is 23.5 Å². The Hall–Kier alpha value is -3.74. The second-order valence-corrected chi connectivity index (χ2v) is 6.37. The summed E-state index contributed by atoms with van der Waals surface area (Å²) in [5, 5.41) is 5.65. The number of benzene rings is 2. The Balaban J connectivity index is 1.60. The van der Waals surface area contributed by atoms with Crippen LogP contribution < -0.4 is 15.4 Å². The molecule has 1 heterocycles. The van der Waals surface area contributed by atoms with E-state index < -0.39 is 5.82 Å². The lowest BCUT2D eigenvalue weighted by Gasteiger charge is -2.15. The number of pyridine rings is 1. The standard InChI is InChI=1S/C22H20FN3O3/c1-14(25-22(28)17-7-12-20(29-2)24-13-17)15-5-10-19(11-6-15)26-21(27)16-3-8-18(23)9-4-16/h3-14H,1-2H3,(H,25,28)(H,26,27). The lowest BCUT2D eigenvalue weighted by molar-refractivity contribution is 0.0938. The normalized spacial score (nSPS) is 11.4. The van der Waals surface area contributed by atoms with Crippen molar-refractivity contribution < 1.29 is 18.7 Å². The van der Waals surface area contributed by atoms with E-state index in [0.717, 1.165) is 5.56 Å². The van der Waals surface area contributed by atoms with Crippen LogP contribution in [0, 0.1) is 5.82 Å². The van der Waals surface area contributed by atoms with Crippen LogP contribution in [-0.4, -0.2) is 23.9 Å². The van der Waals surface area contributed by atoms with Gasteiger partial charge in [-0.15, -0.1) is 0 Å². The van der Waals surface area contributed by atoms with Gasteiger partial charge in [0.05, 0.1) is 18.7 Å². The Morgan fingerprint density at radius 2 is 1.59 bits per heavy atom. The number of carbonyl (C=O) groups excluding carboxylic acids is 2. The molecule has 7 heteroatoms. The predicted octanol–water partition coefficient (Wildman–Crippen LogP) is 3.97. The highest BCUT2D eigenvalue weighted by molar-refractivity contribution is 6.04. The molecule has 0 fully saturated rings. The molecule has 1 atom stereocenters. The number of nitrogens with one attached hydrogen (secondary N) is 2. The number of halogens is 1. The highest BCUT2D eigenvalue weighted by Crippen LogP contribution is 2.18.